The number of carboxylic acid groups (broad SMARTS) is 2. The van der Waals surface area contributed by atoms with Crippen LogP contribution < -0.4 is 21.3 Å². The van der Waals surface area contributed by atoms with Crippen LogP contribution in [0.5, 0.6) is 0 Å². The summed E-state index contributed by atoms with van der Waals surface area (Å²) >= 11 is 0. The molecule has 0 bridgehead atoms. The van der Waals surface area contributed by atoms with Gasteiger partial charge in [0.05, 0.1) is 19.0 Å². The highest BCUT2D eigenvalue weighted by Crippen LogP contribution is 2.05. The summed E-state index contributed by atoms with van der Waals surface area (Å²) in [6.07, 6.45) is 0.774. The maximum Gasteiger partial charge on any atom is 0.326 e. The maximum absolute atomic E-state index is 12.3. The number of carboxylic acids is 2. The van der Waals surface area contributed by atoms with Gasteiger partial charge in [0, 0.05) is 0 Å². The molecule has 3 unspecified atom stereocenters. The predicted molar refractivity (Wildman–Crippen MR) is 92.6 cm³/mol. The van der Waals surface area contributed by atoms with Crippen LogP contribution in [0.1, 0.15) is 33.1 Å². The van der Waals surface area contributed by atoms with Crippen LogP contribution in [-0.4, -0.2) is 71.1 Å². The molecule has 0 spiro atoms. The molecule has 0 aromatic heterocycles. The summed E-state index contributed by atoms with van der Waals surface area (Å²) in [5.41, 5.74) is 0. The SMILES string of the molecule is CC(C)C(NC(=O)CNC(=O)C1CCCN1)C(=O)NC(CC(=O)O)C(=O)O. The molecule has 0 aromatic carbocycles. The first-order chi connectivity index (χ1) is 12.6. The van der Waals surface area contributed by atoms with Crippen LogP contribution in [0.4, 0.5) is 0 Å². The molecule has 27 heavy (non-hydrogen) atoms. The number of rotatable bonds is 10. The molecule has 1 aliphatic heterocycles. The summed E-state index contributed by atoms with van der Waals surface area (Å²) in [7, 11) is 0. The molecular formula is C16H26N4O7. The molecular weight excluding hydrogens is 360 g/mol. The van der Waals surface area contributed by atoms with Gasteiger partial charge in [-0.1, -0.05) is 13.8 Å². The van der Waals surface area contributed by atoms with Gasteiger partial charge in [0.2, 0.25) is 17.7 Å². The molecule has 1 aliphatic rings. The van der Waals surface area contributed by atoms with E-state index in [4.69, 9.17) is 10.2 Å². The Hall–Kier alpha value is -2.69. The Kier molecular flexibility index (Phi) is 8.66. The van der Waals surface area contributed by atoms with Crippen molar-refractivity contribution < 1.29 is 34.2 Å². The van der Waals surface area contributed by atoms with E-state index in [1.165, 1.54) is 0 Å². The lowest BCUT2D eigenvalue weighted by Crippen LogP contribution is -2.55. The standard InChI is InChI=1S/C16H26N4O7/c1-8(2)13(15(25)19-10(16(26)27)6-12(22)23)20-11(21)7-18-14(24)9-4-3-5-17-9/h8-10,13,17H,3-7H2,1-2H3,(H,18,24)(H,19,25)(H,20,21)(H,22,23)(H,26,27). The Balaban J connectivity index is 2.58. The van der Waals surface area contributed by atoms with Crippen LogP contribution in [0.2, 0.25) is 0 Å². The van der Waals surface area contributed by atoms with Gasteiger partial charge in [-0.05, 0) is 25.3 Å². The highest BCUT2D eigenvalue weighted by atomic mass is 16.4. The van der Waals surface area contributed by atoms with Gasteiger partial charge in [-0.3, -0.25) is 19.2 Å². The fourth-order valence-electron chi connectivity index (χ4n) is 2.59. The second-order valence-electron chi connectivity index (χ2n) is 6.65. The van der Waals surface area contributed by atoms with E-state index in [0.29, 0.717) is 6.42 Å². The van der Waals surface area contributed by atoms with Crippen molar-refractivity contribution >= 4 is 29.7 Å². The number of carbonyl (C=O) groups excluding carboxylic acids is 3. The molecule has 6 N–H and O–H groups in total. The molecule has 3 amide bonds. The first kappa shape index (κ1) is 22.4. The molecule has 11 heteroatoms. The second kappa shape index (κ2) is 10.5. The summed E-state index contributed by atoms with van der Waals surface area (Å²) in [5.74, 6) is -4.98. The molecule has 0 aliphatic carbocycles. The van der Waals surface area contributed by atoms with E-state index < -0.39 is 42.3 Å². The topological polar surface area (TPSA) is 174 Å². The highest BCUT2D eigenvalue weighted by molar-refractivity contribution is 5.93. The van der Waals surface area contributed by atoms with Crippen molar-refractivity contribution in [2.24, 2.45) is 5.92 Å². The largest absolute Gasteiger partial charge is 0.481 e. The zero-order valence-corrected chi connectivity index (χ0v) is 15.3. The van der Waals surface area contributed by atoms with Crippen LogP contribution in [0.15, 0.2) is 0 Å². The molecule has 3 atom stereocenters. The van der Waals surface area contributed by atoms with Crippen molar-refractivity contribution in [3.8, 4) is 0 Å². The van der Waals surface area contributed by atoms with E-state index in [1.54, 1.807) is 13.8 Å². The third-order valence-corrected chi connectivity index (χ3v) is 4.06. The number of carbonyl (C=O) groups is 5. The average Bonchev–Trinajstić information content (AvgIpc) is 3.10. The van der Waals surface area contributed by atoms with E-state index in [0.717, 1.165) is 13.0 Å². The summed E-state index contributed by atoms with van der Waals surface area (Å²) in [4.78, 5) is 58.0. The van der Waals surface area contributed by atoms with Crippen LogP contribution >= 0.6 is 0 Å². The summed E-state index contributed by atoms with van der Waals surface area (Å²) in [6, 6.07) is -3.02. The van der Waals surface area contributed by atoms with Crippen molar-refractivity contribution in [3.63, 3.8) is 0 Å². The molecule has 1 heterocycles. The zero-order valence-electron chi connectivity index (χ0n) is 15.3. The lowest BCUT2D eigenvalue weighted by Gasteiger charge is -2.23. The smallest absolute Gasteiger partial charge is 0.326 e. The normalized spacial score (nSPS) is 18.4. The average molecular weight is 386 g/mol. The minimum atomic E-state index is -1.61. The van der Waals surface area contributed by atoms with Crippen molar-refractivity contribution in [3.05, 3.63) is 0 Å². The molecule has 1 fully saturated rings. The number of amides is 3. The van der Waals surface area contributed by atoms with Crippen molar-refractivity contribution in [2.75, 3.05) is 13.1 Å². The predicted octanol–water partition coefficient (Wildman–Crippen LogP) is -1.96. The first-order valence-electron chi connectivity index (χ1n) is 8.67. The minimum Gasteiger partial charge on any atom is -0.481 e. The van der Waals surface area contributed by atoms with Crippen LogP contribution in [-0.2, 0) is 24.0 Å². The second-order valence-corrected chi connectivity index (χ2v) is 6.65. The van der Waals surface area contributed by atoms with Crippen molar-refractivity contribution in [1.29, 1.82) is 0 Å². The summed E-state index contributed by atoms with van der Waals surface area (Å²) in [5, 5.41) is 27.7. The van der Waals surface area contributed by atoms with Gasteiger partial charge in [0.15, 0.2) is 0 Å². The van der Waals surface area contributed by atoms with E-state index >= 15 is 0 Å². The van der Waals surface area contributed by atoms with E-state index in [-0.39, 0.29) is 24.4 Å². The Bertz CT molecular complexity index is 587. The molecule has 0 radical (unpaired) electrons. The summed E-state index contributed by atoms with van der Waals surface area (Å²) in [6.45, 7) is 3.68. The Morgan fingerprint density at radius 2 is 1.78 bits per heavy atom. The van der Waals surface area contributed by atoms with Crippen molar-refractivity contribution in [1.82, 2.24) is 21.3 Å². The fraction of sp³-hybridized carbons (Fsp3) is 0.688. The van der Waals surface area contributed by atoms with E-state index in [2.05, 4.69) is 21.3 Å². The number of nitrogens with one attached hydrogen (secondary N) is 4. The molecule has 11 nitrogen and oxygen atoms in total. The molecule has 1 rings (SSSR count). The van der Waals surface area contributed by atoms with Gasteiger partial charge in [0.25, 0.3) is 0 Å². The number of hydrogen-bond acceptors (Lipinski definition) is 6. The third-order valence-electron chi connectivity index (χ3n) is 4.06. The van der Waals surface area contributed by atoms with Crippen LogP contribution in [0.3, 0.4) is 0 Å². The Morgan fingerprint density at radius 3 is 2.26 bits per heavy atom. The minimum absolute atomic E-state index is 0.305. The number of hydrogen-bond donors (Lipinski definition) is 6. The molecule has 0 saturated carbocycles. The maximum atomic E-state index is 12.3. The van der Waals surface area contributed by atoms with Crippen LogP contribution in [0.25, 0.3) is 0 Å². The first-order valence-corrected chi connectivity index (χ1v) is 8.67. The van der Waals surface area contributed by atoms with Gasteiger partial charge in [-0.15, -0.1) is 0 Å². The Morgan fingerprint density at radius 1 is 1.11 bits per heavy atom. The molecule has 0 aromatic rings. The summed E-state index contributed by atoms with van der Waals surface area (Å²) < 4.78 is 0. The monoisotopic (exact) mass is 386 g/mol. The van der Waals surface area contributed by atoms with Crippen molar-refractivity contribution in [2.45, 2.75) is 51.2 Å². The van der Waals surface area contributed by atoms with Gasteiger partial charge in [-0.2, -0.15) is 0 Å². The van der Waals surface area contributed by atoms with E-state index in [9.17, 15) is 24.0 Å². The van der Waals surface area contributed by atoms with E-state index in [1.807, 2.05) is 0 Å². The van der Waals surface area contributed by atoms with Gasteiger partial charge in [-0.25, -0.2) is 4.79 Å². The van der Waals surface area contributed by atoms with Gasteiger partial charge >= 0.3 is 11.9 Å². The van der Waals surface area contributed by atoms with Crippen LogP contribution in [0, 0.1) is 5.92 Å². The number of aliphatic carboxylic acids is 2. The highest BCUT2D eigenvalue weighted by Gasteiger charge is 2.30. The zero-order chi connectivity index (χ0) is 20.6. The fourth-order valence-corrected chi connectivity index (χ4v) is 2.59. The lowest BCUT2D eigenvalue weighted by atomic mass is 10.0. The molecule has 152 valence electrons. The lowest BCUT2D eigenvalue weighted by molar-refractivity contribution is -0.147. The molecule has 1 saturated heterocycles. The van der Waals surface area contributed by atoms with Gasteiger partial charge < -0.3 is 31.5 Å². The van der Waals surface area contributed by atoms with Gasteiger partial charge in [0.1, 0.15) is 12.1 Å². The quantitative estimate of drug-likeness (QED) is 0.251. The third kappa shape index (κ3) is 7.60. The Labute approximate surface area is 156 Å².